The van der Waals surface area contributed by atoms with Gasteiger partial charge in [-0.25, -0.2) is 0 Å². The number of methoxy groups -OCH3 is 1. The number of hydrogen-bond acceptors (Lipinski definition) is 3. The van der Waals surface area contributed by atoms with Gasteiger partial charge in [-0.15, -0.1) is 0 Å². The van der Waals surface area contributed by atoms with Gasteiger partial charge < -0.3 is 9.47 Å². The van der Waals surface area contributed by atoms with Crippen LogP contribution in [0.4, 0.5) is 13.2 Å². The van der Waals surface area contributed by atoms with Crippen molar-refractivity contribution in [2.75, 3.05) is 51.9 Å². The fourth-order valence-corrected chi connectivity index (χ4v) is 1.58. The molecule has 0 unspecified atom stereocenters. The van der Waals surface area contributed by atoms with Gasteiger partial charge >= 0.3 is 6.18 Å². The van der Waals surface area contributed by atoms with E-state index in [4.69, 9.17) is 9.47 Å². The van der Waals surface area contributed by atoms with Crippen LogP contribution in [0.25, 0.3) is 0 Å². The minimum atomic E-state index is -4.16. The van der Waals surface area contributed by atoms with Crippen molar-refractivity contribution in [1.29, 1.82) is 0 Å². The van der Waals surface area contributed by atoms with E-state index in [2.05, 4.69) is 15.9 Å². The van der Waals surface area contributed by atoms with Crippen molar-refractivity contribution in [3.8, 4) is 0 Å². The van der Waals surface area contributed by atoms with E-state index in [9.17, 15) is 13.2 Å². The van der Waals surface area contributed by atoms with Crippen LogP contribution in [-0.2, 0) is 9.47 Å². The topological polar surface area (TPSA) is 21.7 Å². The number of hydrogen-bond donors (Lipinski definition) is 0. The van der Waals surface area contributed by atoms with E-state index < -0.39 is 12.7 Å². The van der Waals surface area contributed by atoms with Gasteiger partial charge in [0.2, 0.25) is 0 Å². The average Bonchev–Trinajstić information content (AvgIpc) is 2.15. The second kappa shape index (κ2) is 9.21. The summed E-state index contributed by atoms with van der Waals surface area (Å²) in [5.74, 6) is 0. The molecule has 0 aromatic rings. The van der Waals surface area contributed by atoms with Gasteiger partial charge in [0.25, 0.3) is 0 Å². The number of halogens is 4. The molecule has 0 N–H and O–H groups in total. The minimum absolute atomic E-state index is 0.273. The molecule has 0 atom stereocenters. The normalized spacial score (nSPS) is 12.4. The molecule has 0 rings (SSSR count). The summed E-state index contributed by atoms with van der Waals surface area (Å²) in [6.07, 6.45) is -4.16. The van der Waals surface area contributed by atoms with Crippen LogP contribution in [0.1, 0.15) is 0 Å². The van der Waals surface area contributed by atoms with Crippen molar-refractivity contribution in [2.45, 2.75) is 6.18 Å². The molecular weight excluding hydrogens is 291 g/mol. The first-order chi connectivity index (χ1) is 7.49. The molecule has 0 aromatic heterocycles. The van der Waals surface area contributed by atoms with Crippen molar-refractivity contribution in [3.63, 3.8) is 0 Å². The van der Waals surface area contributed by atoms with Gasteiger partial charge in [0, 0.05) is 25.5 Å². The van der Waals surface area contributed by atoms with Crippen LogP contribution in [-0.4, -0.2) is 63.0 Å². The van der Waals surface area contributed by atoms with Gasteiger partial charge in [0.15, 0.2) is 0 Å². The van der Waals surface area contributed by atoms with E-state index in [1.165, 1.54) is 4.90 Å². The fraction of sp³-hybridized carbons (Fsp3) is 1.00. The second-order valence-corrected chi connectivity index (χ2v) is 3.98. The first-order valence-corrected chi connectivity index (χ1v) is 6.03. The molecule has 0 spiro atoms. The number of nitrogens with zero attached hydrogens (tertiary/aromatic N) is 1. The molecule has 0 saturated carbocycles. The zero-order valence-electron chi connectivity index (χ0n) is 9.23. The first kappa shape index (κ1) is 16.1. The smallest absolute Gasteiger partial charge is 0.382 e. The van der Waals surface area contributed by atoms with Gasteiger partial charge in [0.1, 0.15) is 0 Å². The van der Waals surface area contributed by atoms with Gasteiger partial charge in [-0.05, 0) is 0 Å². The Morgan fingerprint density at radius 1 is 1.12 bits per heavy atom. The molecule has 0 fully saturated rings. The predicted octanol–water partition coefficient (Wildman–Crippen LogP) is 1.91. The van der Waals surface area contributed by atoms with Crippen LogP contribution in [0, 0.1) is 0 Å². The molecule has 0 amide bonds. The summed E-state index contributed by atoms with van der Waals surface area (Å²) < 4.78 is 46.3. The third-order valence-corrected chi connectivity index (χ3v) is 2.14. The Morgan fingerprint density at radius 2 is 1.81 bits per heavy atom. The molecule has 16 heavy (non-hydrogen) atoms. The Bertz CT molecular complexity index is 169. The van der Waals surface area contributed by atoms with Gasteiger partial charge in [0.05, 0.1) is 26.4 Å². The maximum absolute atomic E-state index is 12.1. The Kier molecular flexibility index (Phi) is 9.29. The summed E-state index contributed by atoms with van der Waals surface area (Å²) in [4.78, 5) is 1.31. The van der Waals surface area contributed by atoms with Crippen LogP contribution < -0.4 is 0 Å². The van der Waals surface area contributed by atoms with Crippen LogP contribution in [0.15, 0.2) is 0 Å². The molecule has 98 valence electrons. The van der Waals surface area contributed by atoms with Crippen molar-refractivity contribution < 1.29 is 22.6 Å². The van der Waals surface area contributed by atoms with E-state index in [0.29, 0.717) is 25.1 Å². The molecule has 0 aliphatic heterocycles. The Morgan fingerprint density at radius 3 is 2.31 bits per heavy atom. The zero-order chi connectivity index (χ0) is 12.4. The first-order valence-electron chi connectivity index (χ1n) is 4.91. The number of ether oxygens (including phenoxy) is 2. The highest BCUT2D eigenvalue weighted by Crippen LogP contribution is 2.16. The molecule has 3 nitrogen and oxygen atoms in total. The van der Waals surface area contributed by atoms with Crippen molar-refractivity contribution in [1.82, 2.24) is 4.90 Å². The molecule has 0 aliphatic rings. The summed E-state index contributed by atoms with van der Waals surface area (Å²) in [7, 11) is 1.55. The minimum Gasteiger partial charge on any atom is -0.382 e. The highest BCUT2D eigenvalue weighted by molar-refractivity contribution is 9.09. The quantitative estimate of drug-likeness (QED) is 0.480. The summed E-state index contributed by atoms with van der Waals surface area (Å²) in [6.45, 7) is 0.878. The zero-order valence-corrected chi connectivity index (χ0v) is 10.8. The lowest BCUT2D eigenvalue weighted by molar-refractivity contribution is -0.146. The number of alkyl halides is 4. The Balaban J connectivity index is 3.68. The van der Waals surface area contributed by atoms with E-state index in [0.717, 1.165) is 0 Å². The third kappa shape index (κ3) is 10.7. The highest BCUT2D eigenvalue weighted by atomic mass is 79.9. The van der Waals surface area contributed by atoms with Gasteiger partial charge in [-0.1, -0.05) is 15.9 Å². The Labute approximate surface area is 102 Å². The molecule has 0 heterocycles. The highest BCUT2D eigenvalue weighted by Gasteiger charge is 2.30. The average molecular weight is 308 g/mol. The largest absolute Gasteiger partial charge is 0.401 e. The molecular formula is C9H17BrF3NO2. The van der Waals surface area contributed by atoms with Crippen LogP contribution in [0.2, 0.25) is 0 Å². The van der Waals surface area contributed by atoms with Crippen molar-refractivity contribution in [2.24, 2.45) is 0 Å². The van der Waals surface area contributed by atoms with Crippen LogP contribution >= 0.6 is 15.9 Å². The molecule has 0 aliphatic carbocycles. The van der Waals surface area contributed by atoms with Gasteiger partial charge in [-0.3, -0.25) is 4.90 Å². The SMILES string of the molecule is COCCOCCN(CCBr)CC(F)(F)F. The maximum Gasteiger partial charge on any atom is 0.401 e. The van der Waals surface area contributed by atoms with Crippen LogP contribution in [0.5, 0.6) is 0 Å². The van der Waals surface area contributed by atoms with Gasteiger partial charge in [-0.2, -0.15) is 13.2 Å². The van der Waals surface area contributed by atoms with Crippen molar-refractivity contribution in [3.05, 3.63) is 0 Å². The van der Waals surface area contributed by atoms with E-state index in [-0.39, 0.29) is 13.2 Å². The Hall–Kier alpha value is 0.150. The monoisotopic (exact) mass is 307 g/mol. The summed E-state index contributed by atoms with van der Waals surface area (Å²) in [6, 6.07) is 0. The standard InChI is InChI=1S/C9H17BrF3NO2/c1-15-6-7-16-5-4-14(3-2-10)8-9(11,12)13/h2-8H2,1H3. The lowest BCUT2D eigenvalue weighted by atomic mass is 10.4. The molecule has 7 heteroatoms. The molecule has 0 radical (unpaired) electrons. The van der Waals surface area contributed by atoms with E-state index >= 15 is 0 Å². The van der Waals surface area contributed by atoms with Crippen molar-refractivity contribution >= 4 is 15.9 Å². The lowest BCUT2D eigenvalue weighted by Gasteiger charge is -2.22. The van der Waals surface area contributed by atoms with E-state index in [1.54, 1.807) is 7.11 Å². The third-order valence-electron chi connectivity index (χ3n) is 1.79. The molecule has 0 saturated heterocycles. The predicted molar refractivity (Wildman–Crippen MR) is 59.0 cm³/mol. The lowest BCUT2D eigenvalue weighted by Crippen LogP contribution is -2.37. The molecule has 0 aromatic carbocycles. The number of rotatable bonds is 9. The fourth-order valence-electron chi connectivity index (χ4n) is 1.08. The molecule has 0 bridgehead atoms. The van der Waals surface area contributed by atoms with Crippen LogP contribution in [0.3, 0.4) is 0 Å². The maximum atomic E-state index is 12.1. The second-order valence-electron chi connectivity index (χ2n) is 3.19. The summed E-state index contributed by atoms with van der Waals surface area (Å²) in [5.41, 5.74) is 0. The summed E-state index contributed by atoms with van der Waals surface area (Å²) in [5, 5.41) is 0.515. The summed E-state index contributed by atoms with van der Waals surface area (Å²) >= 11 is 3.12. The van der Waals surface area contributed by atoms with E-state index in [1.807, 2.05) is 0 Å².